The van der Waals surface area contributed by atoms with E-state index in [1.54, 1.807) is 6.07 Å². The molecule has 0 aliphatic carbocycles. The van der Waals surface area contributed by atoms with Gasteiger partial charge < -0.3 is 21.1 Å². The first-order valence-corrected chi connectivity index (χ1v) is 9.34. The van der Waals surface area contributed by atoms with E-state index in [0.717, 1.165) is 5.56 Å². The van der Waals surface area contributed by atoms with E-state index in [9.17, 15) is 14.4 Å². The maximum Gasteiger partial charge on any atom is 0.329 e. The summed E-state index contributed by atoms with van der Waals surface area (Å²) in [4.78, 5) is 35.1. The number of nitrogens with two attached hydrogens (primary N) is 1. The number of thioether (sulfide) groups is 1. The normalized spacial score (nSPS) is 11.7. The molecule has 1 rings (SSSR count). The van der Waals surface area contributed by atoms with Crippen molar-refractivity contribution in [2.75, 3.05) is 23.9 Å². The zero-order valence-corrected chi connectivity index (χ0v) is 15.5. The molecule has 1 atom stereocenters. The maximum atomic E-state index is 12.0. The minimum atomic E-state index is -0.860. The van der Waals surface area contributed by atoms with Crippen molar-refractivity contribution in [2.45, 2.75) is 32.2 Å². The molecule has 0 spiro atoms. The van der Waals surface area contributed by atoms with E-state index in [1.165, 1.54) is 11.8 Å². The fraction of sp³-hybridized carbons (Fsp3) is 0.471. The molecule has 0 bridgehead atoms. The molecule has 0 aliphatic rings. The summed E-state index contributed by atoms with van der Waals surface area (Å²) >= 11 is 1.53. The van der Waals surface area contributed by atoms with Crippen LogP contribution >= 0.6 is 11.8 Å². The van der Waals surface area contributed by atoms with Crippen molar-refractivity contribution in [3.8, 4) is 0 Å². The second-order valence-electron chi connectivity index (χ2n) is 5.74. The lowest BCUT2D eigenvalue weighted by Gasteiger charge is -2.17. The highest BCUT2D eigenvalue weighted by atomic mass is 32.2. The Morgan fingerprint density at radius 2 is 1.92 bits per heavy atom. The van der Waals surface area contributed by atoms with Crippen molar-refractivity contribution in [2.24, 2.45) is 5.73 Å². The first-order valence-electron chi connectivity index (χ1n) is 7.95. The van der Waals surface area contributed by atoms with E-state index in [2.05, 4.69) is 10.6 Å². The first-order chi connectivity index (χ1) is 11.8. The molecule has 1 aromatic rings. The van der Waals surface area contributed by atoms with Crippen LogP contribution in [0.4, 0.5) is 10.5 Å². The number of anilines is 1. The van der Waals surface area contributed by atoms with Gasteiger partial charge in [-0.2, -0.15) is 11.8 Å². The Morgan fingerprint density at radius 1 is 1.24 bits per heavy atom. The van der Waals surface area contributed by atoms with Crippen LogP contribution in [0.1, 0.15) is 31.7 Å². The molecule has 3 amide bonds. The molecule has 7 nitrogen and oxygen atoms in total. The van der Waals surface area contributed by atoms with Crippen LogP contribution in [0.5, 0.6) is 0 Å². The number of carbonyl (C=O) groups is 3. The minimum Gasteiger partial charge on any atom is -0.454 e. The fourth-order valence-corrected chi connectivity index (χ4v) is 2.67. The SMILES string of the molecule is CSCC[C@@H](NC(N)=O)C(=O)OCC(=O)Nc1ccccc1C(C)C. The third-order valence-corrected chi connectivity index (χ3v) is 4.06. The number of hydrogen-bond donors (Lipinski definition) is 3. The van der Waals surface area contributed by atoms with E-state index < -0.39 is 30.6 Å². The predicted molar refractivity (Wildman–Crippen MR) is 99.6 cm³/mol. The lowest BCUT2D eigenvalue weighted by atomic mass is 10.0. The van der Waals surface area contributed by atoms with E-state index in [4.69, 9.17) is 10.5 Å². The highest BCUT2D eigenvalue weighted by Gasteiger charge is 2.22. The largest absolute Gasteiger partial charge is 0.454 e. The van der Waals surface area contributed by atoms with Crippen molar-refractivity contribution in [3.63, 3.8) is 0 Å². The fourth-order valence-electron chi connectivity index (χ4n) is 2.19. The average Bonchev–Trinajstić information content (AvgIpc) is 2.56. The molecule has 0 aromatic heterocycles. The van der Waals surface area contributed by atoms with Crippen LogP contribution < -0.4 is 16.4 Å². The number of esters is 1. The number of rotatable bonds is 9. The predicted octanol–water partition coefficient (Wildman–Crippen LogP) is 2.08. The minimum absolute atomic E-state index is 0.245. The highest BCUT2D eigenvalue weighted by molar-refractivity contribution is 7.98. The van der Waals surface area contributed by atoms with E-state index in [1.807, 2.05) is 38.3 Å². The van der Waals surface area contributed by atoms with Gasteiger partial charge in [0.25, 0.3) is 5.91 Å². The summed E-state index contributed by atoms with van der Waals surface area (Å²) < 4.78 is 5.01. The topological polar surface area (TPSA) is 111 Å². The van der Waals surface area contributed by atoms with Crippen LogP contribution in [0.3, 0.4) is 0 Å². The van der Waals surface area contributed by atoms with Crippen LogP contribution in [0.15, 0.2) is 24.3 Å². The Labute approximate surface area is 152 Å². The molecule has 1 aromatic carbocycles. The molecule has 4 N–H and O–H groups in total. The number of primary amides is 1. The number of amides is 3. The van der Waals surface area contributed by atoms with Crippen molar-refractivity contribution >= 4 is 35.4 Å². The first kappa shape index (κ1) is 20.8. The Morgan fingerprint density at radius 3 is 2.52 bits per heavy atom. The molecule has 0 radical (unpaired) electrons. The van der Waals surface area contributed by atoms with Gasteiger partial charge in [-0.3, -0.25) is 4.79 Å². The number of urea groups is 1. The Bertz CT molecular complexity index is 607. The maximum absolute atomic E-state index is 12.0. The Balaban J connectivity index is 2.59. The van der Waals surface area contributed by atoms with Crippen LogP contribution in [0, 0.1) is 0 Å². The van der Waals surface area contributed by atoms with Crippen LogP contribution in [0.25, 0.3) is 0 Å². The number of ether oxygens (including phenoxy) is 1. The molecule has 0 fully saturated rings. The average molecular weight is 367 g/mol. The molecule has 138 valence electrons. The smallest absolute Gasteiger partial charge is 0.329 e. The van der Waals surface area contributed by atoms with E-state index in [-0.39, 0.29) is 5.92 Å². The summed E-state index contributed by atoms with van der Waals surface area (Å²) in [6, 6.07) is 5.78. The number of benzene rings is 1. The van der Waals surface area contributed by atoms with Crippen LogP contribution in [0.2, 0.25) is 0 Å². The second kappa shape index (κ2) is 10.6. The molecule has 0 unspecified atom stereocenters. The molecule has 0 aliphatic heterocycles. The van der Waals surface area contributed by atoms with Crippen molar-refractivity contribution in [1.29, 1.82) is 0 Å². The molecule has 8 heteroatoms. The van der Waals surface area contributed by atoms with Gasteiger partial charge in [-0.05, 0) is 36.0 Å². The van der Waals surface area contributed by atoms with Gasteiger partial charge in [-0.15, -0.1) is 0 Å². The van der Waals surface area contributed by atoms with Gasteiger partial charge in [0.1, 0.15) is 6.04 Å². The molecular weight excluding hydrogens is 342 g/mol. The van der Waals surface area contributed by atoms with Gasteiger partial charge in [-0.25, -0.2) is 9.59 Å². The summed E-state index contributed by atoms with van der Waals surface area (Å²) in [5.74, 6) is -0.229. The van der Waals surface area contributed by atoms with E-state index in [0.29, 0.717) is 17.9 Å². The van der Waals surface area contributed by atoms with Gasteiger partial charge in [0, 0.05) is 5.69 Å². The molecule has 0 heterocycles. The number of hydrogen-bond acceptors (Lipinski definition) is 5. The summed E-state index contributed by atoms with van der Waals surface area (Å²) in [5, 5.41) is 5.07. The van der Waals surface area contributed by atoms with Gasteiger partial charge >= 0.3 is 12.0 Å². The van der Waals surface area contributed by atoms with Gasteiger partial charge in [0.15, 0.2) is 6.61 Å². The van der Waals surface area contributed by atoms with Crippen molar-refractivity contribution in [1.82, 2.24) is 5.32 Å². The summed E-state index contributed by atoms with van der Waals surface area (Å²) in [6.45, 7) is 3.62. The highest BCUT2D eigenvalue weighted by Crippen LogP contribution is 2.23. The molecule has 25 heavy (non-hydrogen) atoms. The van der Waals surface area contributed by atoms with Gasteiger partial charge in [0.05, 0.1) is 0 Å². The lowest BCUT2D eigenvalue weighted by Crippen LogP contribution is -2.45. The zero-order chi connectivity index (χ0) is 18.8. The third-order valence-electron chi connectivity index (χ3n) is 3.41. The number of nitrogens with one attached hydrogen (secondary N) is 2. The summed E-state index contributed by atoms with van der Waals surface area (Å²) in [6.07, 6.45) is 2.26. The lowest BCUT2D eigenvalue weighted by molar-refractivity contribution is -0.149. The number of carbonyl (C=O) groups excluding carboxylic acids is 3. The van der Waals surface area contributed by atoms with Crippen molar-refractivity contribution < 1.29 is 19.1 Å². The monoisotopic (exact) mass is 367 g/mol. The Kier molecular flexibility index (Phi) is 8.83. The quantitative estimate of drug-likeness (QED) is 0.579. The summed E-state index contributed by atoms with van der Waals surface area (Å²) in [7, 11) is 0. The molecule has 0 saturated carbocycles. The summed E-state index contributed by atoms with van der Waals surface area (Å²) in [5.41, 5.74) is 6.75. The molecular formula is C17H25N3O4S. The number of para-hydroxylation sites is 1. The van der Waals surface area contributed by atoms with Crippen molar-refractivity contribution in [3.05, 3.63) is 29.8 Å². The van der Waals surface area contributed by atoms with Crippen LogP contribution in [-0.4, -0.2) is 42.6 Å². The van der Waals surface area contributed by atoms with Crippen LogP contribution in [-0.2, 0) is 14.3 Å². The Hall–Kier alpha value is -2.22. The molecule has 0 saturated heterocycles. The second-order valence-corrected chi connectivity index (χ2v) is 6.73. The van der Waals surface area contributed by atoms with E-state index >= 15 is 0 Å². The van der Waals surface area contributed by atoms with Gasteiger partial charge in [-0.1, -0.05) is 32.0 Å². The standard InChI is InChI=1S/C17H25N3O4S/c1-11(2)12-6-4-5-7-13(12)19-15(21)10-24-16(22)14(8-9-25-3)20-17(18)23/h4-7,11,14H,8-10H2,1-3H3,(H,19,21)(H3,18,20,23)/t14-/m1/s1. The zero-order valence-electron chi connectivity index (χ0n) is 14.7. The van der Waals surface area contributed by atoms with Gasteiger partial charge in [0.2, 0.25) is 0 Å². The third kappa shape index (κ3) is 7.47.